The molecule has 1 saturated carbocycles. The highest BCUT2D eigenvalue weighted by molar-refractivity contribution is 7.89. The molecule has 1 aliphatic rings. The van der Waals surface area contributed by atoms with Gasteiger partial charge in [0.05, 0.1) is 12.7 Å². The monoisotopic (exact) mass is 272 g/mol. The summed E-state index contributed by atoms with van der Waals surface area (Å²) in [5.41, 5.74) is -0.272. The van der Waals surface area contributed by atoms with Gasteiger partial charge in [-0.15, -0.1) is 0 Å². The van der Waals surface area contributed by atoms with Crippen molar-refractivity contribution in [2.24, 2.45) is 0 Å². The van der Waals surface area contributed by atoms with Gasteiger partial charge in [0, 0.05) is 18.3 Å². The zero-order chi connectivity index (χ0) is 13.2. The van der Waals surface area contributed by atoms with Crippen LogP contribution in [-0.2, 0) is 16.6 Å². The standard InChI is InChI=1S/C11H20N4O2S/c1-11(4-3-5-11)14-18(16,17)10-8-13-15(9-10)7-6-12-2/h8-9,12,14H,3-7H2,1-2H3. The Balaban J connectivity index is 2.07. The van der Waals surface area contributed by atoms with Crippen molar-refractivity contribution in [2.45, 2.75) is 43.2 Å². The first-order valence-corrected chi connectivity index (χ1v) is 7.65. The van der Waals surface area contributed by atoms with E-state index in [1.165, 1.54) is 6.20 Å². The summed E-state index contributed by atoms with van der Waals surface area (Å²) < 4.78 is 28.7. The average molecular weight is 272 g/mol. The highest BCUT2D eigenvalue weighted by Crippen LogP contribution is 2.32. The Morgan fingerprint density at radius 3 is 2.78 bits per heavy atom. The Labute approximate surface area is 108 Å². The lowest BCUT2D eigenvalue weighted by atomic mass is 9.80. The van der Waals surface area contributed by atoms with Crippen molar-refractivity contribution in [3.8, 4) is 0 Å². The van der Waals surface area contributed by atoms with Crippen molar-refractivity contribution < 1.29 is 8.42 Å². The van der Waals surface area contributed by atoms with E-state index in [-0.39, 0.29) is 10.4 Å². The number of hydrogen-bond donors (Lipinski definition) is 2. The first-order valence-electron chi connectivity index (χ1n) is 6.16. The van der Waals surface area contributed by atoms with Crippen molar-refractivity contribution in [3.63, 3.8) is 0 Å². The second-order valence-electron chi connectivity index (χ2n) is 5.06. The van der Waals surface area contributed by atoms with Crippen LogP contribution in [-0.4, -0.2) is 37.3 Å². The van der Waals surface area contributed by atoms with E-state index in [1.54, 1.807) is 10.9 Å². The first kappa shape index (κ1) is 13.5. The van der Waals surface area contributed by atoms with Gasteiger partial charge in [0.2, 0.25) is 10.0 Å². The van der Waals surface area contributed by atoms with E-state index >= 15 is 0 Å². The van der Waals surface area contributed by atoms with Gasteiger partial charge in [-0.05, 0) is 33.2 Å². The molecule has 1 aromatic heterocycles. The predicted octanol–water partition coefficient (Wildman–Crippen LogP) is 0.323. The van der Waals surface area contributed by atoms with Crippen LogP contribution in [0, 0.1) is 0 Å². The average Bonchev–Trinajstić information content (AvgIpc) is 2.73. The molecular weight excluding hydrogens is 252 g/mol. The number of nitrogens with one attached hydrogen (secondary N) is 2. The number of hydrogen-bond acceptors (Lipinski definition) is 4. The fourth-order valence-corrected chi connectivity index (χ4v) is 3.44. The number of nitrogens with zero attached hydrogens (tertiary/aromatic N) is 2. The molecule has 0 aromatic carbocycles. The maximum absolute atomic E-state index is 12.1. The van der Waals surface area contributed by atoms with Gasteiger partial charge in [-0.3, -0.25) is 4.68 Å². The van der Waals surface area contributed by atoms with Gasteiger partial charge in [0.25, 0.3) is 0 Å². The van der Waals surface area contributed by atoms with Gasteiger partial charge >= 0.3 is 0 Å². The van der Waals surface area contributed by atoms with Crippen LogP contribution in [0.25, 0.3) is 0 Å². The van der Waals surface area contributed by atoms with Gasteiger partial charge < -0.3 is 5.32 Å². The molecule has 1 heterocycles. The van der Waals surface area contributed by atoms with Gasteiger partial charge in [-0.25, -0.2) is 13.1 Å². The molecule has 6 nitrogen and oxygen atoms in total. The molecule has 0 amide bonds. The maximum Gasteiger partial charge on any atom is 0.244 e. The number of likely N-dealkylation sites (N-methyl/N-ethyl adjacent to an activating group) is 1. The van der Waals surface area contributed by atoms with Crippen molar-refractivity contribution in [3.05, 3.63) is 12.4 Å². The Morgan fingerprint density at radius 1 is 1.50 bits per heavy atom. The molecule has 1 fully saturated rings. The van der Waals surface area contributed by atoms with Crippen LogP contribution >= 0.6 is 0 Å². The highest BCUT2D eigenvalue weighted by Gasteiger charge is 2.36. The molecule has 0 radical (unpaired) electrons. The topological polar surface area (TPSA) is 76.0 Å². The van der Waals surface area contributed by atoms with Crippen LogP contribution in [0.2, 0.25) is 0 Å². The molecule has 1 aliphatic carbocycles. The highest BCUT2D eigenvalue weighted by atomic mass is 32.2. The van der Waals surface area contributed by atoms with E-state index in [1.807, 2.05) is 14.0 Å². The van der Waals surface area contributed by atoms with Crippen LogP contribution in [0.5, 0.6) is 0 Å². The van der Waals surface area contributed by atoms with E-state index in [4.69, 9.17) is 0 Å². The van der Waals surface area contributed by atoms with Crippen LogP contribution in [0.15, 0.2) is 17.3 Å². The van der Waals surface area contributed by atoms with Crippen molar-refractivity contribution in [2.75, 3.05) is 13.6 Å². The Hall–Kier alpha value is -0.920. The van der Waals surface area contributed by atoms with Crippen LogP contribution < -0.4 is 10.0 Å². The largest absolute Gasteiger partial charge is 0.318 e. The molecule has 0 unspecified atom stereocenters. The molecule has 102 valence electrons. The second-order valence-corrected chi connectivity index (χ2v) is 6.74. The molecule has 2 rings (SSSR count). The summed E-state index contributed by atoms with van der Waals surface area (Å²) in [5.74, 6) is 0. The van der Waals surface area contributed by atoms with E-state index in [2.05, 4.69) is 15.1 Å². The summed E-state index contributed by atoms with van der Waals surface area (Å²) in [6, 6.07) is 0. The van der Waals surface area contributed by atoms with Gasteiger partial charge in [-0.2, -0.15) is 5.10 Å². The second kappa shape index (κ2) is 4.99. The predicted molar refractivity (Wildman–Crippen MR) is 68.7 cm³/mol. The minimum Gasteiger partial charge on any atom is -0.318 e. The van der Waals surface area contributed by atoms with E-state index in [0.717, 1.165) is 25.8 Å². The third-order valence-corrected chi connectivity index (χ3v) is 4.94. The van der Waals surface area contributed by atoms with Crippen LogP contribution in [0.3, 0.4) is 0 Å². The summed E-state index contributed by atoms with van der Waals surface area (Å²) in [5, 5.41) is 7.05. The fourth-order valence-electron chi connectivity index (χ4n) is 2.02. The molecule has 0 atom stereocenters. The summed E-state index contributed by atoms with van der Waals surface area (Å²) in [6.45, 7) is 3.36. The zero-order valence-corrected chi connectivity index (χ0v) is 11.6. The lowest BCUT2D eigenvalue weighted by Gasteiger charge is -2.38. The van der Waals surface area contributed by atoms with Crippen LogP contribution in [0.1, 0.15) is 26.2 Å². The number of aromatic nitrogens is 2. The Bertz CT molecular complexity index is 505. The van der Waals surface area contributed by atoms with Crippen molar-refractivity contribution in [1.82, 2.24) is 19.8 Å². The summed E-state index contributed by atoms with van der Waals surface area (Å²) in [6.07, 6.45) is 5.86. The van der Waals surface area contributed by atoms with Gasteiger partial charge in [-0.1, -0.05) is 0 Å². The lowest BCUT2D eigenvalue weighted by Crippen LogP contribution is -2.50. The lowest BCUT2D eigenvalue weighted by molar-refractivity contribution is 0.248. The van der Waals surface area contributed by atoms with E-state index in [0.29, 0.717) is 6.54 Å². The maximum atomic E-state index is 12.1. The quantitative estimate of drug-likeness (QED) is 0.782. The van der Waals surface area contributed by atoms with Crippen molar-refractivity contribution >= 4 is 10.0 Å². The third-order valence-electron chi connectivity index (χ3n) is 3.35. The molecule has 7 heteroatoms. The first-order chi connectivity index (χ1) is 8.45. The van der Waals surface area contributed by atoms with E-state index in [9.17, 15) is 8.42 Å². The van der Waals surface area contributed by atoms with Crippen LogP contribution in [0.4, 0.5) is 0 Å². The Kier molecular flexibility index (Phi) is 3.74. The SMILES string of the molecule is CNCCn1cc(S(=O)(=O)NC2(C)CCC2)cn1. The van der Waals surface area contributed by atoms with Crippen molar-refractivity contribution in [1.29, 1.82) is 0 Å². The fraction of sp³-hybridized carbons (Fsp3) is 0.727. The molecule has 0 saturated heterocycles. The normalized spacial score (nSPS) is 18.6. The third kappa shape index (κ3) is 2.90. The minimum atomic E-state index is -3.44. The molecular formula is C11H20N4O2S. The molecule has 2 N–H and O–H groups in total. The Morgan fingerprint density at radius 2 is 2.22 bits per heavy atom. The zero-order valence-electron chi connectivity index (χ0n) is 10.8. The smallest absolute Gasteiger partial charge is 0.244 e. The summed E-state index contributed by atoms with van der Waals surface area (Å²) in [4.78, 5) is 0.242. The van der Waals surface area contributed by atoms with Gasteiger partial charge in [0.15, 0.2) is 0 Å². The molecule has 0 aliphatic heterocycles. The molecule has 1 aromatic rings. The number of rotatable bonds is 6. The molecule has 0 bridgehead atoms. The molecule has 18 heavy (non-hydrogen) atoms. The summed E-state index contributed by atoms with van der Waals surface area (Å²) in [7, 11) is -1.59. The van der Waals surface area contributed by atoms with Gasteiger partial charge in [0.1, 0.15) is 4.90 Å². The summed E-state index contributed by atoms with van der Waals surface area (Å²) >= 11 is 0. The van der Waals surface area contributed by atoms with E-state index < -0.39 is 10.0 Å². The molecule has 0 spiro atoms. The number of sulfonamides is 1. The minimum absolute atomic E-state index is 0.242.